The van der Waals surface area contributed by atoms with Gasteiger partial charge >= 0.3 is 5.97 Å². The van der Waals surface area contributed by atoms with E-state index in [2.05, 4.69) is 66.6 Å². The Morgan fingerprint density at radius 3 is 2.27 bits per heavy atom. The molecule has 0 saturated carbocycles. The third-order valence-electron chi connectivity index (χ3n) is 6.37. The molecular weight excluding hydrogens is 432 g/mol. The van der Waals surface area contributed by atoms with Gasteiger partial charge in [0.15, 0.2) is 14.1 Å². The largest absolute Gasteiger partial charge is 0.460 e. The van der Waals surface area contributed by atoms with Crippen LogP contribution in [0, 0.1) is 5.92 Å². The van der Waals surface area contributed by atoms with E-state index in [0.717, 1.165) is 18.4 Å². The van der Waals surface area contributed by atoms with E-state index in [-0.39, 0.29) is 22.8 Å². The summed E-state index contributed by atoms with van der Waals surface area (Å²) in [5, 5.41) is 15.0. The van der Waals surface area contributed by atoms with Crippen molar-refractivity contribution >= 4 is 14.3 Å². The van der Waals surface area contributed by atoms with E-state index in [1.807, 2.05) is 39.0 Å². The van der Waals surface area contributed by atoms with Gasteiger partial charge in [-0.15, -0.1) is 10.2 Å². The third kappa shape index (κ3) is 8.66. The monoisotopic (exact) mass is 474 g/mol. The van der Waals surface area contributed by atoms with E-state index in [4.69, 9.17) is 9.16 Å². The summed E-state index contributed by atoms with van der Waals surface area (Å²) in [5.41, 5.74) is 0.567. The van der Waals surface area contributed by atoms with Crippen LogP contribution in [0.1, 0.15) is 78.1 Å². The van der Waals surface area contributed by atoms with Crippen LogP contribution in [-0.2, 0) is 20.4 Å². The zero-order valence-electron chi connectivity index (χ0n) is 21.6. The first-order valence-electron chi connectivity index (χ1n) is 11.9. The van der Waals surface area contributed by atoms with Crippen molar-refractivity contribution < 1.29 is 14.0 Å². The average molecular weight is 475 g/mol. The normalized spacial score (nSPS) is 14.7. The van der Waals surface area contributed by atoms with Crippen molar-refractivity contribution in [3.05, 3.63) is 41.7 Å². The van der Waals surface area contributed by atoms with Gasteiger partial charge in [-0.1, -0.05) is 62.7 Å². The lowest BCUT2D eigenvalue weighted by molar-refractivity contribution is -0.161. The van der Waals surface area contributed by atoms with Crippen LogP contribution in [0.3, 0.4) is 0 Å². The Kier molecular flexibility index (Phi) is 9.37. The molecule has 1 aromatic heterocycles. The lowest BCUT2D eigenvalue weighted by Gasteiger charge is -2.36. The molecule has 0 saturated heterocycles. The lowest BCUT2D eigenvalue weighted by atomic mass is 9.82. The van der Waals surface area contributed by atoms with E-state index >= 15 is 0 Å². The van der Waals surface area contributed by atoms with Crippen molar-refractivity contribution in [2.75, 3.05) is 6.61 Å². The van der Waals surface area contributed by atoms with Crippen LogP contribution in [0.5, 0.6) is 0 Å². The van der Waals surface area contributed by atoms with Crippen molar-refractivity contribution in [3.63, 3.8) is 0 Å². The average Bonchev–Trinajstić information content (AvgIpc) is 3.22. The Bertz CT molecular complexity index is 843. The fourth-order valence-corrected chi connectivity index (χ4v) is 4.57. The van der Waals surface area contributed by atoms with Crippen LogP contribution in [-0.4, -0.2) is 47.1 Å². The molecular formula is C25H42N4O3Si. The number of rotatable bonds is 11. The van der Waals surface area contributed by atoms with E-state index in [1.54, 1.807) is 0 Å². The summed E-state index contributed by atoms with van der Waals surface area (Å²) >= 11 is 0. The van der Waals surface area contributed by atoms with Crippen LogP contribution < -0.4 is 0 Å². The lowest BCUT2D eigenvalue weighted by Crippen LogP contribution is -2.41. The van der Waals surface area contributed by atoms with Gasteiger partial charge in [-0.25, -0.2) is 0 Å². The van der Waals surface area contributed by atoms with Crippen molar-refractivity contribution in [2.45, 2.75) is 96.9 Å². The van der Waals surface area contributed by atoms with E-state index < -0.39 is 13.9 Å². The second kappa shape index (κ2) is 11.4. The summed E-state index contributed by atoms with van der Waals surface area (Å²) in [6.07, 6.45) is 3.09. The van der Waals surface area contributed by atoms with Gasteiger partial charge in [0, 0.05) is 12.5 Å². The van der Waals surface area contributed by atoms with Crippen molar-refractivity contribution in [2.24, 2.45) is 5.92 Å². The molecule has 0 radical (unpaired) electrons. The maximum absolute atomic E-state index is 13.3. The number of hydrogen-bond donors (Lipinski definition) is 1. The number of ether oxygens (including phenoxy) is 1. The minimum atomic E-state index is -1.78. The van der Waals surface area contributed by atoms with Crippen LogP contribution in [0.15, 0.2) is 30.3 Å². The second-order valence-electron chi connectivity index (χ2n) is 11.3. The highest BCUT2D eigenvalue weighted by Crippen LogP contribution is 2.37. The highest BCUT2D eigenvalue weighted by molar-refractivity contribution is 6.74. The highest BCUT2D eigenvalue weighted by Gasteiger charge is 2.37. The molecule has 2 rings (SSSR count). The molecule has 0 aliphatic carbocycles. The predicted octanol–water partition coefficient (Wildman–Crippen LogP) is 5.68. The van der Waals surface area contributed by atoms with Gasteiger partial charge in [0.2, 0.25) is 0 Å². The molecule has 0 unspecified atom stereocenters. The number of hydrogen-bond acceptors (Lipinski definition) is 6. The number of aromatic amines is 1. The second-order valence-corrected chi connectivity index (χ2v) is 16.1. The molecule has 2 atom stereocenters. The molecule has 0 aliphatic rings. The maximum atomic E-state index is 13.3. The quantitative estimate of drug-likeness (QED) is 0.256. The number of esters is 1. The number of aromatic nitrogens is 4. The van der Waals surface area contributed by atoms with Crippen LogP contribution >= 0.6 is 0 Å². The van der Waals surface area contributed by atoms with Crippen molar-refractivity contribution in [1.82, 2.24) is 20.6 Å². The van der Waals surface area contributed by atoms with Gasteiger partial charge in [-0.3, -0.25) is 4.79 Å². The van der Waals surface area contributed by atoms with E-state index in [1.165, 1.54) is 0 Å². The van der Waals surface area contributed by atoms with Crippen LogP contribution in [0.25, 0.3) is 0 Å². The summed E-state index contributed by atoms with van der Waals surface area (Å²) in [6.45, 7) is 17.7. The Hall–Kier alpha value is -2.06. The summed E-state index contributed by atoms with van der Waals surface area (Å²) < 4.78 is 12.2. The molecule has 184 valence electrons. The number of carbonyl (C=O) groups is 1. The number of carbonyl (C=O) groups excluding carboxylic acids is 1. The van der Waals surface area contributed by atoms with Gasteiger partial charge in [0.25, 0.3) is 0 Å². The minimum absolute atomic E-state index is 0.186. The molecule has 2 aromatic rings. The topological polar surface area (TPSA) is 90.0 Å². The molecule has 8 heteroatoms. The number of unbranched alkanes of at least 4 members (excludes halogenated alkanes) is 1. The summed E-state index contributed by atoms with van der Waals surface area (Å²) in [5.74, 6) is -0.247. The summed E-state index contributed by atoms with van der Waals surface area (Å²) in [6, 6.07) is 10.1. The molecule has 1 aromatic carbocycles. The smallest absolute Gasteiger partial charge is 0.310 e. The number of H-pyrrole nitrogens is 1. The first-order chi connectivity index (χ1) is 15.3. The molecule has 0 amide bonds. The molecule has 0 fully saturated rings. The molecule has 1 N–H and O–H groups in total. The highest BCUT2D eigenvalue weighted by atomic mass is 28.4. The Labute approximate surface area is 200 Å². The first kappa shape index (κ1) is 27.2. The molecule has 0 bridgehead atoms. The van der Waals surface area contributed by atoms with Crippen LogP contribution in [0.2, 0.25) is 18.1 Å². The van der Waals surface area contributed by atoms with Gasteiger partial charge in [0.1, 0.15) is 5.60 Å². The summed E-state index contributed by atoms with van der Waals surface area (Å²) in [7, 11) is -1.78. The first-order valence-corrected chi connectivity index (χ1v) is 14.8. The van der Waals surface area contributed by atoms with Gasteiger partial charge in [0.05, 0.1) is 5.92 Å². The maximum Gasteiger partial charge on any atom is 0.310 e. The Morgan fingerprint density at radius 2 is 1.73 bits per heavy atom. The molecule has 33 heavy (non-hydrogen) atoms. The SMILES string of the molecule is CC(C)(C)OC(=O)[C@@H](CCCCO[Si](C)(C)C(C)(C)C)[C@H](Cc1ccccc1)c1nn[nH]n1. The standard InChI is InChI=1S/C25H42N4O3Si/c1-24(2,3)32-23(30)20(16-12-13-17-31-33(7,8)25(4,5)6)21(22-26-28-29-27-22)18-19-14-10-9-11-15-19/h9-11,14-15,20-21H,12-13,16-18H2,1-8H3,(H,26,27,28,29)/t20-,21-/m0/s1. The number of tetrazole rings is 1. The molecule has 0 aliphatic heterocycles. The van der Waals surface area contributed by atoms with E-state index in [9.17, 15) is 4.79 Å². The van der Waals surface area contributed by atoms with Crippen molar-refractivity contribution in [1.29, 1.82) is 0 Å². The zero-order chi connectivity index (χ0) is 24.7. The minimum Gasteiger partial charge on any atom is -0.460 e. The fourth-order valence-electron chi connectivity index (χ4n) is 3.48. The molecule has 1 heterocycles. The Balaban J connectivity index is 2.14. The number of benzene rings is 1. The third-order valence-corrected chi connectivity index (χ3v) is 10.9. The molecule has 0 spiro atoms. The molecule has 7 nitrogen and oxygen atoms in total. The van der Waals surface area contributed by atoms with Gasteiger partial charge < -0.3 is 9.16 Å². The number of nitrogens with one attached hydrogen (secondary N) is 1. The number of nitrogens with zero attached hydrogens (tertiary/aromatic N) is 3. The van der Waals surface area contributed by atoms with Crippen molar-refractivity contribution in [3.8, 4) is 0 Å². The Morgan fingerprint density at radius 1 is 1.06 bits per heavy atom. The predicted molar refractivity (Wildman–Crippen MR) is 133 cm³/mol. The fraction of sp³-hybridized carbons (Fsp3) is 0.680. The van der Waals surface area contributed by atoms with Gasteiger partial charge in [-0.05, 0) is 63.7 Å². The van der Waals surface area contributed by atoms with E-state index in [0.29, 0.717) is 25.3 Å². The zero-order valence-corrected chi connectivity index (χ0v) is 22.6. The van der Waals surface area contributed by atoms with Crippen LogP contribution in [0.4, 0.5) is 0 Å². The van der Waals surface area contributed by atoms with Gasteiger partial charge in [-0.2, -0.15) is 5.21 Å². The summed E-state index contributed by atoms with van der Waals surface area (Å²) in [4.78, 5) is 13.3.